The Kier molecular flexibility index (Phi) is 3.76. The number of H-pyrrole nitrogens is 1. The Morgan fingerprint density at radius 3 is 2.42 bits per heavy atom. The highest BCUT2D eigenvalue weighted by Crippen LogP contribution is 2.32. The SMILES string of the molecule is COc1ccc(-c2nc(C(C)N)[nH]c2C)cc1OC. The first-order chi connectivity index (χ1) is 9.06. The molecule has 0 fully saturated rings. The van der Waals surface area contributed by atoms with Crippen LogP contribution < -0.4 is 15.2 Å². The molecule has 1 unspecified atom stereocenters. The number of aryl methyl sites for hydroxylation is 1. The van der Waals surface area contributed by atoms with Crippen LogP contribution in [0.5, 0.6) is 11.5 Å². The third kappa shape index (κ3) is 2.56. The molecule has 0 aliphatic rings. The van der Waals surface area contributed by atoms with Crippen LogP contribution in [-0.2, 0) is 0 Å². The van der Waals surface area contributed by atoms with Crippen molar-refractivity contribution in [2.45, 2.75) is 19.9 Å². The van der Waals surface area contributed by atoms with Crippen LogP contribution in [0.15, 0.2) is 18.2 Å². The van der Waals surface area contributed by atoms with Crippen LogP contribution >= 0.6 is 0 Å². The first kappa shape index (κ1) is 13.4. The lowest BCUT2D eigenvalue weighted by atomic mass is 10.1. The summed E-state index contributed by atoms with van der Waals surface area (Å²) in [7, 11) is 3.23. The molecule has 0 radical (unpaired) electrons. The number of methoxy groups -OCH3 is 2. The van der Waals surface area contributed by atoms with Gasteiger partial charge in [0, 0.05) is 11.3 Å². The Labute approximate surface area is 112 Å². The van der Waals surface area contributed by atoms with Crippen molar-refractivity contribution in [1.29, 1.82) is 0 Å². The summed E-state index contributed by atoms with van der Waals surface area (Å²) >= 11 is 0. The number of aromatic nitrogens is 2. The van der Waals surface area contributed by atoms with Crippen LogP contribution in [-0.4, -0.2) is 24.2 Å². The van der Waals surface area contributed by atoms with Gasteiger partial charge in [-0.3, -0.25) is 0 Å². The Hall–Kier alpha value is -2.01. The van der Waals surface area contributed by atoms with Crippen LogP contribution in [0, 0.1) is 6.92 Å². The van der Waals surface area contributed by atoms with E-state index >= 15 is 0 Å². The molecule has 3 N–H and O–H groups in total. The molecule has 0 aliphatic heterocycles. The van der Waals surface area contributed by atoms with Crippen molar-refractivity contribution in [3.05, 3.63) is 29.7 Å². The van der Waals surface area contributed by atoms with Crippen molar-refractivity contribution in [3.63, 3.8) is 0 Å². The first-order valence-electron chi connectivity index (χ1n) is 6.11. The van der Waals surface area contributed by atoms with E-state index in [0.29, 0.717) is 11.5 Å². The predicted octanol–water partition coefficient (Wildman–Crippen LogP) is 2.42. The van der Waals surface area contributed by atoms with E-state index < -0.39 is 0 Å². The molecule has 1 atom stereocenters. The van der Waals surface area contributed by atoms with Gasteiger partial charge in [0.2, 0.25) is 0 Å². The van der Waals surface area contributed by atoms with E-state index in [0.717, 1.165) is 22.8 Å². The number of hydrogen-bond acceptors (Lipinski definition) is 4. The van der Waals surface area contributed by atoms with Gasteiger partial charge in [0.15, 0.2) is 11.5 Å². The molecule has 5 nitrogen and oxygen atoms in total. The fourth-order valence-corrected chi connectivity index (χ4v) is 1.96. The smallest absolute Gasteiger partial charge is 0.161 e. The Morgan fingerprint density at radius 2 is 1.89 bits per heavy atom. The van der Waals surface area contributed by atoms with Crippen LogP contribution in [0.4, 0.5) is 0 Å². The van der Waals surface area contributed by atoms with Gasteiger partial charge in [0.1, 0.15) is 5.82 Å². The average Bonchev–Trinajstić information content (AvgIpc) is 2.80. The molecule has 1 aromatic carbocycles. The van der Waals surface area contributed by atoms with Crippen molar-refractivity contribution in [3.8, 4) is 22.8 Å². The van der Waals surface area contributed by atoms with E-state index in [4.69, 9.17) is 15.2 Å². The minimum Gasteiger partial charge on any atom is -0.493 e. The van der Waals surface area contributed by atoms with Crippen molar-refractivity contribution >= 4 is 0 Å². The van der Waals surface area contributed by atoms with Gasteiger partial charge in [-0.15, -0.1) is 0 Å². The number of aromatic amines is 1. The Bertz CT molecular complexity index is 576. The molecule has 0 bridgehead atoms. The number of hydrogen-bond donors (Lipinski definition) is 2. The van der Waals surface area contributed by atoms with E-state index in [2.05, 4.69) is 9.97 Å². The topological polar surface area (TPSA) is 73.2 Å². The average molecular weight is 261 g/mol. The summed E-state index contributed by atoms with van der Waals surface area (Å²) in [6.45, 7) is 3.88. The third-order valence-electron chi connectivity index (χ3n) is 2.99. The van der Waals surface area contributed by atoms with Crippen LogP contribution in [0.2, 0.25) is 0 Å². The van der Waals surface area contributed by atoms with Gasteiger partial charge in [0.05, 0.1) is 26.0 Å². The van der Waals surface area contributed by atoms with E-state index in [1.54, 1.807) is 14.2 Å². The highest BCUT2D eigenvalue weighted by molar-refractivity contribution is 5.66. The highest BCUT2D eigenvalue weighted by Gasteiger charge is 2.13. The Morgan fingerprint density at radius 1 is 1.21 bits per heavy atom. The summed E-state index contributed by atoms with van der Waals surface area (Å²) in [5.41, 5.74) is 8.68. The standard InChI is InChI=1S/C14H19N3O2/c1-8(15)14-16-9(2)13(17-14)10-5-6-11(18-3)12(7-10)19-4/h5-8H,15H2,1-4H3,(H,16,17). The van der Waals surface area contributed by atoms with Crippen molar-refractivity contribution < 1.29 is 9.47 Å². The number of benzene rings is 1. The summed E-state index contributed by atoms with van der Waals surface area (Å²) in [5, 5.41) is 0. The second-order valence-corrected chi connectivity index (χ2v) is 4.45. The van der Waals surface area contributed by atoms with Crippen LogP contribution in [0.25, 0.3) is 11.3 Å². The molecule has 0 aliphatic carbocycles. The molecule has 2 rings (SSSR count). The van der Waals surface area contributed by atoms with Gasteiger partial charge in [-0.1, -0.05) is 0 Å². The number of nitrogens with one attached hydrogen (secondary N) is 1. The second kappa shape index (κ2) is 5.32. The third-order valence-corrected chi connectivity index (χ3v) is 2.99. The van der Waals surface area contributed by atoms with Gasteiger partial charge >= 0.3 is 0 Å². The quantitative estimate of drug-likeness (QED) is 0.886. The fraction of sp³-hybridized carbons (Fsp3) is 0.357. The molecule has 1 aromatic heterocycles. The largest absolute Gasteiger partial charge is 0.493 e. The number of rotatable bonds is 4. The van der Waals surface area contributed by atoms with Crippen LogP contribution in [0.3, 0.4) is 0 Å². The maximum absolute atomic E-state index is 5.84. The number of nitrogens with zero attached hydrogens (tertiary/aromatic N) is 1. The number of imidazole rings is 1. The zero-order valence-corrected chi connectivity index (χ0v) is 11.7. The van der Waals surface area contributed by atoms with E-state index in [1.165, 1.54) is 0 Å². The lowest BCUT2D eigenvalue weighted by molar-refractivity contribution is 0.355. The summed E-state index contributed by atoms with van der Waals surface area (Å²) in [4.78, 5) is 7.73. The second-order valence-electron chi connectivity index (χ2n) is 4.45. The fourth-order valence-electron chi connectivity index (χ4n) is 1.96. The first-order valence-corrected chi connectivity index (χ1v) is 6.11. The van der Waals surface area contributed by atoms with Crippen molar-refractivity contribution in [1.82, 2.24) is 9.97 Å². The molecular formula is C14H19N3O2. The summed E-state index contributed by atoms with van der Waals surface area (Å²) in [5.74, 6) is 2.17. The molecule has 1 heterocycles. The summed E-state index contributed by atoms with van der Waals surface area (Å²) < 4.78 is 10.5. The zero-order chi connectivity index (χ0) is 14.0. The van der Waals surface area contributed by atoms with Gasteiger partial charge in [-0.05, 0) is 32.0 Å². The molecule has 0 saturated heterocycles. The monoisotopic (exact) mass is 261 g/mol. The predicted molar refractivity (Wildman–Crippen MR) is 74.5 cm³/mol. The minimum atomic E-state index is -0.118. The molecule has 0 amide bonds. The van der Waals surface area contributed by atoms with Gasteiger partial charge in [-0.2, -0.15) is 0 Å². The highest BCUT2D eigenvalue weighted by atomic mass is 16.5. The molecule has 5 heteroatoms. The normalized spacial score (nSPS) is 12.3. The molecule has 2 aromatic rings. The summed E-state index contributed by atoms with van der Waals surface area (Å²) in [6, 6.07) is 5.61. The maximum atomic E-state index is 5.84. The van der Waals surface area contributed by atoms with E-state index in [-0.39, 0.29) is 6.04 Å². The van der Waals surface area contributed by atoms with Crippen LogP contribution in [0.1, 0.15) is 24.5 Å². The van der Waals surface area contributed by atoms with Crippen molar-refractivity contribution in [2.75, 3.05) is 14.2 Å². The zero-order valence-electron chi connectivity index (χ0n) is 11.7. The molecular weight excluding hydrogens is 242 g/mol. The maximum Gasteiger partial charge on any atom is 0.161 e. The lowest BCUT2D eigenvalue weighted by Crippen LogP contribution is -2.06. The minimum absolute atomic E-state index is 0.118. The number of ether oxygens (including phenoxy) is 2. The molecule has 0 saturated carbocycles. The molecule has 102 valence electrons. The van der Waals surface area contributed by atoms with Gasteiger partial charge in [0.25, 0.3) is 0 Å². The Balaban J connectivity index is 2.47. The van der Waals surface area contributed by atoms with Gasteiger partial charge < -0.3 is 20.2 Å². The van der Waals surface area contributed by atoms with E-state index in [9.17, 15) is 0 Å². The molecule has 19 heavy (non-hydrogen) atoms. The summed E-state index contributed by atoms with van der Waals surface area (Å²) in [6.07, 6.45) is 0. The van der Waals surface area contributed by atoms with Crippen molar-refractivity contribution in [2.24, 2.45) is 5.73 Å². The lowest BCUT2D eigenvalue weighted by Gasteiger charge is -2.08. The molecule has 0 spiro atoms. The van der Waals surface area contributed by atoms with E-state index in [1.807, 2.05) is 32.0 Å². The van der Waals surface area contributed by atoms with Gasteiger partial charge in [-0.25, -0.2) is 4.98 Å². The number of nitrogens with two attached hydrogens (primary N) is 1.